The van der Waals surface area contributed by atoms with Crippen LogP contribution in [0.15, 0.2) is 60.7 Å². The van der Waals surface area contributed by atoms with Crippen LogP contribution in [0.1, 0.15) is 35.6 Å². The first-order valence-corrected chi connectivity index (χ1v) is 14.0. The van der Waals surface area contributed by atoms with Crippen molar-refractivity contribution in [1.29, 1.82) is 0 Å². The maximum absolute atomic E-state index is 13.5. The number of nitrogens with zero attached hydrogens (tertiary/aromatic N) is 2. The predicted molar refractivity (Wildman–Crippen MR) is 157 cm³/mol. The van der Waals surface area contributed by atoms with Gasteiger partial charge >= 0.3 is 0 Å². The summed E-state index contributed by atoms with van der Waals surface area (Å²) in [5.41, 5.74) is 3.11. The van der Waals surface area contributed by atoms with Crippen molar-refractivity contribution in [1.82, 2.24) is 9.80 Å². The monoisotopic (exact) mass is 591 g/mol. The highest BCUT2D eigenvalue weighted by Crippen LogP contribution is 2.31. The van der Waals surface area contributed by atoms with E-state index in [1.165, 1.54) is 0 Å². The van der Waals surface area contributed by atoms with Crippen LogP contribution in [0, 0.1) is 0 Å². The molecule has 0 aliphatic carbocycles. The minimum Gasteiger partial charge on any atom is -0.337 e. The zero-order valence-corrected chi connectivity index (χ0v) is 24.0. The Balaban J connectivity index is 1.56. The molecular formula is C29H29Cl4N3O2. The number of benzene rings is 3. The fourth-order valence-electron chi connectivity index (χ4n) is 4.69. The van der Waals surface area contributed by atoms with Gasteiger partial charge in [-0.3, -0.25) is 9.59 Å². The first-order valence-electron chi connectivity index (χ1n) is 12.5. The molecule has 1 aliphatic rings. The van der Waals surface area contributed by atoms with E-state index in [0.29, 0.717) is 32.3 Å². The number of hydrogen-bond donors (Lipinski definition) is 1. The van der Waals surface area contributed by atoms with Crippen molar-refractivity contribution in [3.05, 3.63) is 97.4 Å². The van der Waals surface area contributed by atoms with Crippen LogP contribution in [0.2, 0.25) is 20.1 Å². The van der Waals surface area contributed by atoms with Gasteiger partial charge in [-0.25, -0.2) is 0 Å². The molecule has 4 rings (SSSR count). The van der Waals surface area contributed by atoms with Gasteiger partial charge in [-0.15, -0.1) is 0 Å². The number of likely N-dealkylation sites (tertiary alicyclic amines) is 1. The Kier molecular flexibility index (Phi) is 9.97. The molecule has 0 aromatic heterocycles. The first kappa shape index (κ1) is 28.7. The van der Waals surface area contributed by atoms with Crippen molar-refractivity contribution in [3.63, 3.8) is 0 Å². The minimum absolute atomic E-state index is 0.0514. The van der Waals surface area contributed by atoms with Gasteiger partial charge < -0.3 is 15.1 Å². The van der Waals surface area contributed by atoms with Gasteiger partial charge in [0.1, 0.15) is 0 Å². The Bertz CT molecular complexity index is 1310. The molecule has 3 aromatic rings. The molecule has 0 radical (unpaired) electrons. The van der Waals surface area contributed by atoms with E-state index in [2.05, 4.69) is 10.2 Å². The van der Waals surface area contributed by atoms with E-state index in [-0.39, 0.29) is 30.7 Å². The van der Waals surface area contributed by atoms with E-state index < -0.39 is 0 Å². The second kappa shape index (κ2) is 13.2. The second-order valence-electron chi connectivity index (χ2n) is 9.51. The van der Waals surface area contributed by atoms with Gasteiger partial charge in [0.25, 0.3) is 0 Å². The number of carbonyl (C=O) groups excluding carboxylic acids is 2. The summed E-state index contributed by atoms with van der Waals surface area (Å²) >= 11 is 24.4. The Morgan fingerprint density at radius 1 is 0.842 bits per heavy atom. The number of carbonyl (C=O) groups is 2. The van der Waals surface area contributed by atoms with Crippen LogP contribution in [0.3, 0.4) is 0 Å². The van der Waals surface area contributed by atoms with Crippen LogP contribution >= 0.6 is 46.4 Å². The maximum atomic E-state index is 13.5. The third-order valence-electron chi connectivity index (χ3n) is 6.77. The lowest BCUT2D eigenvalue weighted by Gasteiger charge is -2.33. The fraction of sp³-hybridized carbons (Fsp3) is 0.310. The molecule has 1 heterocycles. The van der Waals surface area contributed by atoms with Gasteiger partial charge in [0.05, 0.1) is 39.0 Å². The summed E-state index contributed by atoms with van der Waals surface area (Å²) in [6.45, 7) is 2.64. The molecule has 0 spiro atoms. The first-order chi connectivity index (χ1) is 18.2. The normalized spacial score (nSPS) is 14.3. The molecular weight excluding hydrogens is 564 g/mol. The lowest BCUT2D eigenvalue weighted by molar-refractivity contribution is -0.131. The van der Waals surface area contributed by atoms with Gasteiger partial charge in [0.2, 0.25) is 11.8 Å². The summed E-state index contributed by atoms with van der Waals surface area (Å²) in [6, 6.07) is 17.8. The lowest BCUT2D eigenvalue weighted by Crippen LogP contribution is -2.39. The van der Waals surface area contributed by atoms with Gasteiger partial charge in [-0.1, -0.05) is 76.7 Å². The van der Waals surface area contributed by atoms with Crippen molar-refractivity contribution in [2.24, 2.45) is 0 Å². The maximum Gasteiger partial charge on any atom is 0.228 e. The SMILES string of the molecule is CN(C(=O)Cc1ccc(Cl)c(Cl)c1)C(CN1CCCC1)c1ccccc1NC(=O)Cc1ccc(Cl)c(Cl)c1. The van der Waals surface area contributed by atoms with Gasteiger partial charge in [0.15, 0.2) is 0 Å². The molecule has 9 heteroatoms. The summed E-state index contributed by atoms with van der Waals surface area (Å²) < 4.78 is 0. The highest BCUT2D eigenvalue weighted by molar-refractivity contribution is 6.42. The van der Waals surface area contributed by atoms with Crippen LogP contribution in [-0.2, 0) is 22.4 Å². The van der Waals surface area contributed by atoms with Crippen molar-refractivity contribution >= 4 is 63.9 Å². The van der Waals surface area contributed by atoms with E-state index in [4.69, 9.17) is 46.4 Å². The molecule has 38 heavy (non-hydrogen) atoms. The van der Waals surface area contributed by atoms with Crippen LogP contribution in [0.5, 0.6) is 0 Å². The molecule has 1 aliphatic heterocycles. The molecule has 2 amide bonds. The number of nitrogens with one attached hydrogen (secondary N) is 1. The molecule has 1 saturated heterocycles. The van der Waals surface area contributed by atoms with E-state index in [1.54, 1.807) is 35.2 Å². The van der Waals surface area contributed by atoms with Gasteiger partial charge in [0, 0.05) is 19.3 Å². The molecule has 3 aromatic carbocycles. The van der Waals surface area contributed by atoms with Gasteiger partial charge in [-0.05, 0) is 73.0 Å². The highest BCUT2D eigenvalue weighted by atomic mass is 35.5. The van der Waals surface area contributed by atoms with E-state index in [0.717, 1.165) is 42.6 Å². The van der Waals surface area contributed by atoms with Crippen LogP contribution in [-0.4, -0.2) is 48.3 Å². The largest absolute Gasteiger partial charge is 0.337 e. The number of anilines is 1. The van der Waals surface area contributed by atoms with E-state index in [9.17, 15) is 9.59 Å². The number of halogens is 4. The third-order valence-corrected chi connectivity index (χ3v) is 8.25. The van der Waals surface area contributed by atoms with Crippen molar-refractivity contribution in [2.45, 2.75) is 31.7 Å². The van der Waals surface area contributed by atoms with Crippen molar-refractivity contribution < 1.29 is 9.59 Å². The summed E-state index contributed by atoms with van der Waals surface area (Å²) in [4.78, 5) is 30.6. The van der Waals surface area contributed by atoms with Crippen molar-refractivity contribution in [3.8, 4) is 0 Å². The summed E-state index contributed by atoms with van der Waals surface area (Å²) in [5, 5.41) is 4.78. The molecule has 200 valence electrons. The van der Waals surface area contributed by atoms with Crippen LogP contribution in [0.4, 0.5) is 5.69 Å². The van der Waals surface area contributed by atoms with Crippen molar-refractivity contribution in [2.75, 3.05) is 32.0 Å². The third kappa shape index (κ3) is 7.43. The second-order valence-corrected chi connectivity index (χ2v) is 11.1. The zero-order chi connectivity index (χ0) is 27.2. The summed E-state index contributed by atoms with van der Waals surface area (Å²) in [5.74, 6) is -0.231. The highest BCUT2D eigenvalue weighted by Gasteiger charge is 2.28. The smallest absolute Gasteiger partial charge is 0.228 e. The Labute approximate surface area is 243 Å². The summed E-state index contributed by atoms with van der Waals surface area (Å²) in [6.07, 6.45) is 2.61. The molecule has 1 N–H and O–H groups in total. The average Bonchev–Trinajstić information content (AvgIpc) is 3.40. The number of likely N-dealkylation sites (N-methyl/N-ethyl adjacent to an activating group) is 1. The van der Waals surface area contributed by atoms with Crippen LogP contribution < -0.4 is 5.32 Å². The molecule has 5 nitrogen and oxygen atoms in total. The molecule has 1 atom stereocenters. The van der Waals surface area contributed by atoms with E-state index in [1.807, 2.05) is 37.4 Å². The zero-order valence-electron chi connectivity index (χ0n) is 21.0. The molecule has 0 saturated carbocycles. The van der Waals surface area contributed by atoms with Gasteiger partial charge in [-0.2, -0.15) is 0 Å². The Hall–Kier alpha value is -2.28. The summed E-state index contributed by atoms with van der Waals surface area (Å²) in [7, 11) is 1.81. The number of rotatable bonds is 9. The quantitative estimate of drug-likeness (QED) is 0.283. The topological polar surface area (TPSA) is 52.7 Å². The molecule has 1 unspecified atom stereocenters. The lowest BCUT2D eigenvalue weighted by atomic mass is 10.0. The Morgan fingerprint density at radius 3 is 2.03 bits per heavy atom. The number of para-hydroxylation sites is 1. The van der Waals surface area contributed by atoms with Crippen LogP contribution in [0.25, 0.3) is 0 Å². The molecule has 0 bridgehead atoms. The number of amides is 2. The minimum atomic E-state index is -0.259. The Morgan fingerprint density at radius 2 is 1.42 bits per heavy atom. The molecule has 1 fully saturated rings. The average molecular weight is 593 g/mol. The fourth-order valence-corrected chi connectivity index (χ4v) is 5.33. The predicted octanol–water partition coefficient (Wildman–Crippen LogP) is 7.32. The van der Waals surface area contributed by atoms with E-state index >= 15 is 0 Å². The standard InChI is InChI=1S/C29H29Cl4N3O2/c1-35(29(38)17-20-9-11-23(31)25(33)15-20)27(18-36-12-4-5-13-36)21-6-2-3-7-26(21)34-28(37)16-19-8-10-22(30)24(32)14-19/h2-3,6-11,14-15,27H,4-5,12-13,16-18H2,1H3,(H,34,37). The number of hydrogen-bond acceptors (Lipinski definition) is 3.